The van der Waals surface area contributed by atoms with Gasteiger partial charge in [0.05, 0.1) is 6.04 Å². The first-order chi connectivity index (χ1) is 35.5. The van der Waals surface area contributed by atoms with E-state index in [4.69, 9.17) is 0 Å². The van der Waals surface area contributed by atoms with E-state index in [1.54, 1.807) is 0 Å². The predicted octanol–water partition coefficient (Wildman–Crippen LogP) is 19.2. The van der Waals surface area contributed by atoms with E-state index in [9.17, 15) is 0 Å². The Balaban J connectivity index is 0.807. The van der Waals surface area contributed by atoms with Crippen LogP contribution in [-0.4, -0.2) is 6.04 Å². The molecule has 0 spiro atoms. The molecule has 14 rings (SSSR count). The average molecular weight is 939 g/mol. The lowest BCUT2D eigenvalue weighted by atomic mass is 9.82. The van der Waals surface area contributed by atoms with Crippen molar-refractivity contribution >= 4 is 59.9 Å². The average Bonchev–Trinajstić information content (AvgIpc) is 4.07. The predicted molar refractivity (Wildman–Crippen MR) is 307 cm³/mol. The molecule has 1 aliphatic heterocycles. The Morgan fingerprint density at radius 3 is 1.78 bits per heavy atom. The van der Waals surface area contributed by atoms with E-state index in [0.29, 0.717) is 5.92 Å². The largest absolute Gasteiger partial charge is 0.333 e. The smallest absolute Gasteiger partial charge is 0.0629 e. The summed E-state index contributed by atoms with van der Waals surface area (Å²) >= 11 is 1.88. The minimum atomic E-state index is -0.117. The van der Waals surface area contributed by atoms with Gasteiger partial charge in [0.1, 0.15) is 0 Å². The van der Waals surface area contributed by atoms with Gasteiger partial charge in [-0.2, -0.15) is 0 Å². The summed E-state index contributed by atoms with van der Waals surface area (Å²) in [5.74, 6) is 0.295. The SMILES string of the molecule is CC1(C)c2ccccc2-c2ccc(N(c3ccc(-c4ccc(-c5ccccc5N5c6cc(-c7ccccc7)ccc6C6C=CC=CC65)cc4)cc3)c3ccc(-c4cccc5c4sc4ccccc45)cc3)cc21. The summed E-state index contributed by atoms with van der Waals surface area (Å²) in [6, 6.07) is 85.8. The first-order valence-electron chi connectivity index (χ1n) is 25.2. The maximum atomic E-state index is 2.57. The molecule has 0 saturated heterocycles. The highest BCUT2D eigenvalue weighted by Gasteiger charge is 2.39. The number of anilines is 5. The van der Waals surface area contributed by atoms with E-state index in [2.05, 4.69) is 278 Å². The molecule has 0 amide bonds. The van der Waals surface area contributed by atoms with Crippen LogP contribution in [-0.2, 0) is 5.41 Å². The van der Waals surface area contributed by atoms with E-state index in [0.717, 1.165) is 17.1 Å². The molecule has 2 nitrogen and oxygen atoms in total. The fourth-order valence-electron chi connectivity index (χ4n) is 12.0. The quantitative estimate of drug-likeness (QED) is 0.150. The molecule has 342 valence electrons. The molecule has 2 aliphatic carbocycles. The van der Waals surface area contributed by atoms with Crippen LogP contribution in [0.3, 0.4) is 0 Å². The highest BCUT2D eigenvalue weighted by molar-refractivity contribution is 7.26. The Kier molecular flexibility index (Phi) is 9.91. The van der Waals surface area contributed by atoms with Crippen molar-refractivity contribution in [2.45, 2.75) is 31.2 Å². The molecule has 0 N–H and O–H groups in total. The van der Waals surface area contributed by atoms with Gasteiger partial charge >= 0.3 is 0 Å². The molecular formula is C69H50N2S. The second-order valence-corrected chi connectivity index (χ2v) is 21.1. The van der Waals surface area contributed by atoms with Crippen LogP contribution in [0.5, 0.6) is 0 Å². The van der Waals surface area contributed by atoms with Gasteiger partial charge in [-0.25, -0.2) is 0 Å². The fraction of sp³-hybridized carbons (Fsp3) is 0.0725. The Morgan fingerprint density at radius 1 is 0.403 bits per heavy atom. The molecular weight excluding hydrogens is 889 g/mol. The van der Waals surface area contributed by atoms with Gasteiger partial charge in [-0.3, -0.25) is 0 Å². The zero-order chi connectivity index (χ0) is 47.9. The van der Waals surface area contributed by atoms with Crippen molar-refractivity contribution in [2.75, 3.05) is 9.80 Å². The monoisotopic (exact) mass is 938 g/mol. The normalized spacial score (nSPS) is 15.9. The van der Waals surface area contributed by atoms with Crippen LogP contribution < -0.4 is 9.80 Å². The van der Waals surface area contributed by atoms with E-state index in [-0.39, 0.29) is 11.5 Å². The topological polar surface area (TPSA) is 6.48 Å². The van der Waals surface area contributed by atoms with Crippen molar-refractivity contribution in [3.8, 4) is 55.6 Å². The summed E-state index contributed by atoms with van der Waals surface area (Å²) in [4.78, 5) is 4.99. The number of hydrogen-bond acceptors (Lipinski definition) is 3. The standard InChI is InChI=1S/C69H50N2S/c1-69(2)62-23-10-6-18-56(62)57-42-40-53(44-63(57)69)70(52-38-33-49(34-39-52)55-21-14-22-61-60-20-9-13-26-67(60)72-68(55)61)51-36-31-47(32-37-51)46-27-29-48(30-28-46)54-17-7-11-24-64(54)71-65-25-12-8-19-58(65)59-41-35-50(43-66(59)71)45-15-4-3-5-16-45/h3-44,58,65H,1-2H3. The van der Waals surface area contributed by atoms with Crippen LogP contribution in [0, 0.1) is 0 Å². The molecule has 3 aliphatic rings. The zero-order valence-electron chi connectivity index (χ0n) is 40.2. The summed E-state index contributed by atoms with van der Waals surface area (Å²) in [6.45, 7) is 4.73. The summed E-state index contributed by atoms with van der Waals surface area (Å²) in [7, 11) is 0. The maximum absolute atomic E-state index is 2.57. The summed E-state index contributed by atoms with van der Waals surface area (Å²) in [5, 5.41) is 2.64. The van der Waals surface area contributed by atoms with Crippen molar-refractivity contribution in [1.82, 2.24) is 0 Å². The van der Waals surface area contributed by atoms with Gasteiger partial charge in [-0.05, 0) is 121 Å². The maximum Gasteiger partial charge on any atom is 0.0629 e. The molecule has 2 heterocycles. The highest BCUT2D eigenvalue weighted by atomic mass is 32.1. The Labute approximate surface area is 425 Å². The number of fused-ring (bicyclic) bond motifs is 9. The minimum absolute atomic E-state index is 0.117. The van der Waals surface area contributed by atoms with Crippen LogP contribution in [0.4, 0.5) is 28.4 Å². The van der Waals surface area contributed by atoms with Gasteiger partial charge in [-0.15, -0.1) is 11.3 Å². The lowest BCUT2D eigenvalue weighted by molar-refractivity contribution is 0.660. The first-order valence-corrected chi connectivity index (χ1v) is 26.0. The number of benzene rings is 10. The Bertz CT molecular complexity index is 3950. The molecule has 1 aromatic heterocycles. The highest BCUT2D eigenvalue weighted by Crippen LogP contribution is 2.53. The molecule has 0 saturated carbocycles. The lowest BCUT2D eigenvalue weighted by Crippen LogP contribution is -2.28. The van der Waals surface area contributed by atoms with Crippen LogP contribution in [0.2, 0.25) is 0 Å². The molecule has 11 aromatic rings. The Morgan fingerprint density at radius 2 is 0.972 bits per heavy atom. The van der Waals surface area contributed by atoms with Crippen LogP contribution in [0.15, 0.2) is 255 Å². The number of allylic oxidation sites excluding steroid dienone is 2. The third-order valence-corrected chi connectivity index (χ3v) is 16.9. The van der Waals surface area contributed by atoms with Crippen molar-refractivity contribution in [3.05, 3.63) is 272 Å². The number of thiophene rings is 1. The molecule has 2 unspecified atom stereocenters. The zero-order valence-corrected chi connectivity index (χ0v) is 41.0. The van der Waals surface area contributed by atoms with Gasteiger partial charge in [0.2, 0.25) is 0 Å². The summed E-state index contributed by atoms with van der Waals surface area (Å²) < 4.78 is 2.66. The third kappa shape index (κ3) is 6.83. The second kappa shape index (κ2) is 16.8. The van der Waals surface area contributed by atoms with E-state index >= 15 is 0 Å². The Hall–Kier alpha value is -8.50. The first kappa shape index (κ1) is 42.4. The molecule has 72 heavy (non-hydrogen) atoms. The van der Waals surface area contributed by atoms with Gasteiger partial charge in [-0.1, -0.05) is 214 Å². The molecule has 3 heteroatoms. The van der Waals surface area contributed by atoms with Gasteiger partial charge in [0.15, 0.2) is 0 Å². The third-order valence-electron chi connectivity index (χ3n) is 15.6. The van der Waals surface area contributed by atoms with E-state index < -0.39 is 0 Å². The summed E-state index contributed by atoms with van der Waals surface area (Å²) in [6.07, 6.45) is 9.14. The molecule has 0 bridgehead atoms. The fourth-order valence-corrected chi connectivity index (χ4v) is 13.3. The second-order valence-electron chi connectivity index (χ2n) is 20.0. The van der Waals surface area contributed by atoms with Crippen LogP contribution >= 0.6 is 11.3 Å². The van der Waals surface area contributed by atoms with Gasteiger partial charge in [0.25, 0.3) is 0 Å². The molecule has 0 radical (unpaired) electrons. The lowest BCUT2D eigenvalue weighted by Gasteiger charge is -2.30. The van der Waals surface area contributed by atoms with Crippen molar-refractivity contribution in [3.63, 3.8) is 0 Å². The number of para-hydroxylation sites is 1. The summed E-state index contributed by atoms with van der Waals surface area (Å²) in [5.41, 5.74) is 22.3. The minimum Gasteiger partial charge on any atom is -0.333 e. The molecule has 0 fully saturated rings. The number of rotatable bonds is 8. The molecule has 2 atom stereocenters. The van der Waals surface area contributed by atoms with Crippen LogP contribution in [0.25, 0.3) is 75.8 Å². The van der Waals surface area contributed by atoms with Gasteiger partial charge < -0.3 is 9.80 Å². The van der Waals surface area contributed by atoms with Crippen molar-refractivity contribution in [2.24, 2.45) is 0 Å². The van der Waals surface area contributed by atoms with Crippen molar-refractivity contribution < 1.29 is 0 Å². The number of hydrogen-bond donors (Lipinski definition) is 0. The van der Waals surface area contributed by atoms with Crippen molar-refractivity contribution in [1.29, 1.82) is 0 Å². The van der Waals surface area contributed by atoms with Crippen LogP contribution in [0.1, 0.15) is 36.5 Å². The van der Waals surface area contributed by atoms with Gasteiger partial charge in [0, 0.05) is 65.5 Å². The van der Waals surface area contributed by atoms with E-state index in [1.165, 1.54) is 104 Å². The number of nitrogens with zero attached hydrogens (tertiary/aromatic N) is 2. The molecule has 10 aromatic carbocycles. The van der Waals surface area contributed by atoms with E-state index in [1.807, 2.05) is 11.3 Å².